The highest BCUT2D eigenvalue weighted by molar-refractivity contribution is 6.43. The van der Waals surface area contributed by atoms with E-state index in [1.54, 1.807) is 0 Å². The number of amides is 1. The van der Waals surface area contributed by atoms with E-state index in [0.717, 1.165) is 4.90 Å². The summed E-state index contributed by atoms with van der Waals surface area (Å²) in [4.78, 5) is 23.7. The molecular formula is C13H12Cl3NO4. The van der Waals surface area contributed by atoms with Crippen molar-refractivity contribution in [1.82, 2.24) is 4.90 Å². The molecular weight excluding hydrogens is 341 g/mol. The number of hydrogen-bond donors (Lipinski definition) is 1. The molecule has 1 amide bonds. The summed E-state index contributed by atoms with van der Waals surface area (Å²) < 4.78 is 5.25. The molecule has 0 spiro atoms. The summed E-state index contributed by atoms with van der Waals surface area (Å²) in [7, 11) is 0. The standard InChI is InChI=1S/C13H12Cl3NO4/c1-2-3-17(6-13(19)20)12(18)7-21-11-5-9(15)8(14)4-10(11)16/h2,4-5H,1,3,6-7H2,(H,19,20). The monoisotopic (exact) mass is 351 g/mol. The molecule has 0 saturated heterocycles. The first-order valence-electron chi connectivity index (χ1n) is 5.73. The van der Waals surface area contributed by atoms with E-state index in [-0.39, 0.29) is 34.0 Å². The van der Waals surface area contributed by atoms with E-state index in [1.165, 1.54) is 18.2 Å². The number of carboxylic acids is 1. The number of aliphatic carboxylic acids is 1. The Bertz CT molecular complexity index is 563. The molecule has 1 aromatic carbocycles. The van der Waals surface area contributed by atoms with Crippen molar-refractivity contribution >= 4 is 46.7 Å². The average Bonchev–Trinajstić information content (AvgIpc) is 2.40. The number of hydrogen-bond acceptors (Lipinski definition) is 3. The third kappa shape index (κ3) is 5.46. The molecule has 0 aliphatic rings. The molecule has 0 unspecified atom stereocenters. The highest BCUT2D eigenvalue weighted by Gasteiger charge is 2.17. The van der Waals surface area contributed by atoms with Crippen LogP contribution < -0.4 is 4.74 Å². The Morgan fingerprint density at radius 2 is 1.86 bits per heavy atom. The molecule has 8 heteroatoms. The van der Waals surface area contributed by atoms with Crippen LogP contribution in [0.5, 0.6) is 5.75 Å². The predicted octanol–water partition coefficient (Wildman–Crippen LogP) is 3.12. The molecule has 0 radical (unpaired) electrons. The second-order valence-electron chi connectivity index (χ2n) is 3.94. The zero-order valence-corrected chi connectivity index (χ0v) is 13.1. The predicted molar refractivity (Wildman–Crippen MR) is 81.4 cm³/mol. The molecule has 21 heavy (non-hydrogen) atoms. The van der Waals surface area contributed by atoms with Crippen LogP contribution in [0, 0.1) is 0 Å². The third-order valence-electron chi connectivity index (χ3n) is 2.35. The molecule has 1 N–H and O–H groups in total. The van der Waals surface area contributed by atoms with Gasteiger partial charge in [-0.15, -0.1) is 6.58 Å². The van der Waals surface area contributed by atoms with Gasteiger partial charge in [0.1, 0.15) is 12.3 Å². The third-order valence-corrected chi connectivity index (χ3v) is 3.37. The van der Waals surface area contributed by atoms with Crippen molar-refractivity contribution in [2.75, 3.05) is 19.7 Å². The number of carbonyl (C=O) groups is 2. The molecule has 0 aliphatic carbocycles. The van der Waals surface area contributed by atoms with Crippen molar-refractivity contribution in [3.05, 3.63) is 39.9 Å². The van der Waals surface area contributed by atoms with Gasteiger partial charge in [0.2, 0.25) is 0 Å². The Morgan fingerprint density at radius 3 is 2.43 bits per heavy atom. The minimum Gasteiger partial charge on any atom is -0.482 e. The lowest BCUT2D eigenvalue weighted by atomic mass is 10.3. The summed E-state index contributed by atoms with van der Waals surface area (Å²) in [6, 6.07) is 2.78. The number of rotatable bonds is 7. The van der Waals surface area contributed by atoms with Gasteiger partial charge in [-0.2, -0.15) is 0 Å². The second kappa shape index (κ2) is 8.12. The number of carboxylic acid groups (broad SMARTS) is 1. The lowest BCUT2D eigenvalue weighted by Gasteiger charge is -2.19. The summed E-state index contributed by atoms with van der Waals surface area (Å²) in [6.45, 7) is 2.75. The Kier molecular flexibility index (Phi) is 6.81. The van der Waals surface area contributed by atoms with Crippen molar-refractivity contribution in [1.29, 1.82) is 0 Å². The van der Waals surface area contributed by atoms with Gasteiger partial charge in [-0.25, -0.2) is 0 Å². The Balaban J connectivity index is 2.72. The van der Waals surface area contributed by atoms with Crippen LogP contribution in [0.25, 0.3) is 0 Å². The first kappa shape index (κ1) is 17.6. The minimum absolute atomic E-state index is 0.101. The second-order valence-corrected chi connectivity index (χ2v) is 5.16. The average molecular weight is 353 g/mol. The zero-order valence-electron chi connectivity index (χ0n) is 10.8. The Labute approximate surface area is 136 Å². The van der Waals surface area contributed by atoms with Crippen molar-refractivity contribution in [2.24, 2.45) is 0 Å². The van der Waals surface area contributed by atoms with E-state index in [4.69, 9.17) is 44.6 Å². The maximum absolute atomic E-state index is 11.9. The summed E-state index contributed by atoms with van der Waals surface area (Å²) in [6.07, 6.45) is 1.42. The molecule has 0 bridgehead atoms. The fourth-order valence-corrected chi connectivity index (χ4v) is 2.01. The van der Waals surface area contributed by atoms with E-state index in [1.807, 2.05) is 0 Å². The van der Waals surface area contributed by atoms with Gasteiger partial charge in [-0.1, -0.05) is 40.9 Å². The van der Waals surface area contributed by atoms with Gasteiger partial charge in [-0.05, 0) is 6.07 Å². The number of carbonyl (C=O) groups excluding carboxylic acids is 1. The smallest absolute Gasteiger partial charge is 0.323 e. The van der Waals surface area contributed by atoms with Crippen LogP contribution in [-0.2, 0) is 9.59 Å². The van der Waals surface area contributed by atoms with Gasteiger partial charge in [-0.3, -0.25) is 9.59 Å². The van der Waals surface area contributed by atoms with Crippen LogP contribution in [0.15, 0.2) is 24.8 Å². The number of halogens is 3. The van der Waals surface area contributed by atoms with E-state index in [0.29, 0.717) is 0 Å². The van der Waals surface area contributed by atoms with Crippen LogP contribution in [0.1, 0.15) is 0 Å². The van der Waals surface area contributed by atoms with Gasteiger partial charge >= 0.3 is 5.97 Å². The first-order valence-corrected chi connectivity index (χ1v) is 6.86. The quantitative estimate of drug-likeness (QED) is 0.605. The Morgan fingerprint density at radius 1 is 1.24 bits per heavy atom. The highest BCUT2D eigenvalue weighted by atomic mass is 35.5. The zero-order chi connectivity index (χ0) is 16.0. The lowest BCUT2D eigenvalue weighted by molar-refractivity contribution is -0.144. The number of ether oxygens (including phenoxy) is 1. The summed E-state index contributed by atoms with van der Waals surface area (Å²) in [5.41, 5.74) is 0. The molecule has 0 saturated carbocycles. The maximum atomic E-state index is 11.9. The number of nitrogens with zero attached hydrogens (tertiary/aromatic N) is 1. The van der Waals surface area contributed by atoms with Gasteiger partial charge in [0.15, 0.2) is 6.61 Å². The molecule has 114 valence electrons. The largest absolute Gasteiger partial charge is 0.482 e. The SMILES string of the molecule is C=CCN(CC(=O)O)C(=O)COc1cc(Cl)c(Cl)cc1Cl. The van der Waals surface area contributed by atoms with E-state index < -0.39 is 18.4 Å². The lowest BCUT2D eigenvalue weighted by Crippen LogP contribution is -2.38. The molecule has 0 atom stereocenters. The molecule has 1 aromatic rings. The molecule has 0 aliphatic heterocycles. The molecule has 1 rings (SSSR count). The fraction of sp³-hybridized carbons (Fsp3) is 0.231. The van der Waals surface area contributed by atoms with Crippen molar-refractivity contribution in [2.45, 2.75) is 0 Å². The van der Waals surface area contributed by atoms with Crippen molar-refractivity contribution in [3.8, 4) is 5.75 Å². The molecule has 0 heterocycles. The van der Waals surface area contributed by atoms with Crippen LogP contribution in [-0.4, -0.2) is 41.6 Å². The molecule has 5 nitrogen and oxygen atoms in total. The normalized spacial score (nSPS) is 10.0. The first-order chi connectivity index (χ1) is 9.85. The fourth-order valence-electron chi connectivity index (χ4n) is 1.42. The molecule has 0 fully saturated rings. The van der Waals surface area contributed by atoms with Gasteiger partial charge in [0.25, 0.3) is 5.91 Å². The molecule has 0 aromatic heterocycles. The van der Waals surface area contributed by atoms with Crippen LogP contribution in [0.4, 0.5) is 0 Å². The van der Waals surface area contributed by atoms with Crippen LogP contribution in [0.3, 0.4) is 0 Å². The topological polar surface area (TPSA) is 66.8 Å². The van der Waals surface area contributed by atoms with Crippen molar-refractivity contribution in [3.63, 3.8) is 0 Å². The van der Waals surface area contributed by atoms with Crippen LogP contribution in [0.2, 0.25) is 15.1 Å². The van der Waals surface area contributed by atoms with E-state index >= 15 is 0 Å². The summed E-state index contributed by atoms with van der Waals surface area (Å²) >= 11 is 17.5. The maximum Gasteiger partial charge on any atom is 0.323 e. The summed E-state index contributed by atoms with van der Waals surface area (Å²) in [5, 5.41) is 9.43. The van der Waals surface area contributed by atoms with E-state index in [2.05, 4.69) is 6.58 Å². The summed E-state index contributed by atoms with van der Waals surface area (Å²) in [5.74, 6) is -1.45. The highest BCUT2D eigenvalue weighted by Crippen LogP contribution is 2.33. The number of benzene rings is 1. The van der Waals surface area contributed by atoms with Gasteiger partial charge in [0.05, 0.1) is 15.1 Å². The van der Waals surface area contributed by atoms with E-state index in [9.17, 15) is 9.59 Å². The minimum atomic E-state index is -1.13. The van der Waals surface area contributed by atoms with Gasteiger partial charge in [0, 0.05) is 12.6 Å². The van der Waals surface area contributed by atoms with Gasteiger partial charge < -0.3 is 14.7 Å². The van der Waals surface area contributed by atoms with Crippen molar-refractivity contribution < 1.29 is 19.4 Å². The van der Waals surface area contributed by atoms with Crippen LogP contribution >= 0.6 is 34.8 Å². The Hall–Kier alpha value is -1.43.